The van der Waals surface area contributed by atoms with Gasteiger partial charge in [-0.2, -0.15) is 9.78 Å². The highest BCUT2D eigenvalue weighted by atomic mass is 79.9. The summed E-state index contributed by atoms with van der Waals surface area (Å²) in [5.74, 6) is -1.23. The molecule has 172 valence electrons. The van der Waals surface area contributed by atoms with Crippen molar-refractivity contribution < 1.29 is 19.6 Å². The minimum atomic E-state index is -1.35. The summed E-state index contributed by atoms with van der Waals surface area (Å²) < 4.78 is 7.02. The molecular formula is C21H18BrClN4O6. The number of carboxylic acid groups (broad SMARTS) is 1. The molecule has 0 unspecified atom stereocenters. The van der Waals surface area contributed by atoms with Crippen molar-refractivity contribution in [1.29, 1.82) is 0 Å². The van der Waals surface area contributed by atoms with Crippen LogP contribution in [-0.4, -0.2) is 38.0 Å². The molecule has 0 saturated heterocycles. The number of nitrogens with zero attached hydrogens (tertiary/aromatic N) is 4. The molecule has 0 fully saturated rings. The second kappa shape index (κ2) is 10.1. The van der Waals surface area contributed by atoms with Crippen molar-refractivity contribution in [1.82, 2.24) is 9.66 Å². The third-order valence-corrected chi connectivity index (χ3v) is 5.33. The van der Waals surface area contributed by atoms with E-state index < -0.39 is 28.2 Å². The standard InChI is InChI=1S/C21H18BrClN4O6/c1-3-4-18-25-16-6-5-13(22)9-14(16)20(28)26(18)24-10-12-7-15(23)19(17(8-12)27(31)32)33-11(2)21(29)30/h5-11H,3-4H2,1-2H3,(H,29,30)/t11-/m0/s1. The maximum absolute atomic E-state index is 13.1. The molecular weight excluding hydrogens is 520 g/mol. The number of nitro groups is 1. The lowest BCUT2D eigenvalue weighted by Gasteiger charge is -2.12. The zero-order valence-corrected chi connectivity index (χ0v) is 19.8. The summed E-state index contributed by atoms with van der Waals surface area (Å²) in [4.78, 5) is 39.4. The maximum Gasteiger partial charge on any atom is 0.344 e. The highest BCUT2D eigenvalue weighted by molar-refractivity contribution is 9.10. The Morgan fingerprint density at radius 2 is 2.15 bits per heavy atom. The maximum atomic E-state index is 13.1. The van der Waals surface area contributed by atoms with Crippen LogP contribution in [0.1, 0.15) is 31.7 Å². The first kappa shape index (κ1) is 24.3. The molecule has 0 aliphatic rings. The quantitative estimate of drug-likeness (QED) is 0.255. The summed E-state index contributed by atoms with van der Waals surface area (Å²) in [6.45, 7) is 3.16. The summed E-state index contributed by atoms with van der Waals surface area (Å²) in [6.07, 6.45) is 1.10. The predicted octanol–water partition coefficient (Wildman–Crippen LogP) is 4.41. The second-order valence-electron chi connectivity index (χ2n) is 7.01. The van der Waals surface area contributed by atoms with E-state index in [0.717, 1.165) is 17.2 Å². The number of benzene rings is 2. The van der Waals surface area contributed by atoms with Gasteiger partial charge in [0.25, 0.3) is 5.56 Å². The van der Waals surface area contributed by atoms with E-state index in [-0.39, 0.29) is 16.3 Å². The molecule has 0 radical (unpaired) electrons. The van der Waals surface area contributed by atoms with Crippen LogP contribution >= 0.6 is 27.5 Å². The number of nitro benzene ring substituents is 1. The van der Waals surface area contributed by atoms with Gasteiger partial charge in [0.05, 0.1) is 27.1 Å². The highest BCUT2D eigenvalue weighted by Gasteiger charge is 2.24. The van der Waals surface area contributed by atoms with Gasteiger partial charge in [-0.3, -0.25) is 14.9 Å². The van der Waals surface area contributed by atoms with Crippen LogP contribution in [-0.2, 0) is 11.2 Å². The van der Waals surface area contributed by atoms with Gasteiger partial charge in [0, 0.05) is 22.5 Å². The van der Waals surface area contributed by atoms with Crippen molar-refractivity contribution in [2.75, 3.05) is 0 Å². The van der Waals surface area contributed by atoms with E-state index in [1.54, 1.807) is 18.2 Å². The average molecular weight is 538 g/mol. The topological polar surface area (TPSA) is 137 Å². The normalized spacial score (nSPS) is 12.2. The van der Waals surface area contributed by atoms with E-state index in [0.29, 0.717) is 27.6 Å². The first-order chi connectivity index (χ1) is 15.6. The lowest BCUT2D eigenvalue weighted by molar-refractivity contribution is -0.386. The molecule has 33 heavy (non-hydrogen) atoms. The average Bonchev–Trinajstić information content (AvgIpc) is 2.75. The van der Waals surface area contributed by atoms with E-state index in [1.807, 2.05) is 6.92 Å². The summed E-state index contributed by atoms with van der Waals surface area (Å²) in [5.41, 5.74) is -0.174. The number of fused-ring (bicyclic) bond motifs is 1. The minimum Gasteiger partial charge on any atom is -0.479 e. The lowest BCUT2D eigenvalue weighted by Crippen LogP contribution is -2.23. The monoisotopic (exact) mass is 536 g/mol. The van der Waals surface area contributed by atoms with Crippen molar-refractivity contribution in [2.24, 2.45) is 5.10 Å². The highest BCUT2D eigenvalue weighted by Crippen LogP contribution is 2.36. The Kier molecular flexibility index (Phi) is 7.44. The van der Waals surface area contributed by atoms with Crippen LogP contribution in [0.15, 0.2) is 44.7 Å². The molecule has 12 heteroatoms. The predicted molar refractivity (Wildman–Crippen MR) is 127 cm³/mol. The van der Waals surface area contributed by atoms with Crippen LogP contribution < -0.4 is 10.3 Å². The molecule has 3 rings (SSSR count). The Labute approximate surface area is 200 Å². The molecule has 0 spiro atoms. The van der Waals surface area contributed by atoms with E-state index in [2.05, 4.69) is 26.0 Å². The molecule has 2 aromatic carbocycles. The van der Waals surface area contributed by atoms with Crippen LogP contribution in [0.5, 0.6) is 5.75 Å². The van der Waals surface area contributed by atoms with Crippen molar-refractivity contribution in [3.8, 4) is 5.75 Å². The van der Waals surface area contributed by atoms with Crippen LogP contribution in [0.25, 0.3) is 10.9 Å². The minimum absolute atomic E-state index is 0.166. The first-order valence-corrected chi connectivity index (χ1v) is 10.9. The fourth-order valence-corrected chi connectivity index (χ4v) is 3.61. The zero-order valence-electron chi connectivity index (χ0n) is 17.5. The summed E-state index contributed by atoms with van der Waals surface area (Å²) in [7, 11) is 0. The van der Waals surface area contributed by atoms with E-state index in [9.17, 15) is 19.7 Å². The van der Waals surface area contributed by atoms with Gasteiger partial charge in [-0.15, -0.1) is 0 Å². The molecule has 1 aromatic heterocycles. The Morgan fingerprint density at radius 3 is 2.79 bits per heavy atom. The third kappa shape index (κ3) is 5.37. The fourth-order valence-electron chi connectivity index (χ4n) is 2.98. The number of ether oxygens (including phenoxy) is 1. The number of carbonyl (C=O) groups is 1. The number of aromatic nitrogens is 2. The Bertz CT molecular complexity index is 1340. The zero-order chi connectivity index (χ0) is 24.3. The molecule has 1 N–H and O–H groups in total. The first-order valence-electron chi connectivity index (χ1n) is 9.75. The van der Waals surface area contributed by atoms with Crippen molar-refractivity contribution in [3.63, 3.8) is 0 Å². The number of hydrogen-bond donors (Lipinski definition) is 1. The van der Waals surface area contributed by atoms with Gasteiger partial charge in [0.1, 0.15) is 5.82 Å². The largest absolute Gasteiger partial charge is 0.479 e. The number of halogens is 2. The van der Waals surface area contributed by atoms with Crippen LogP contribution in [0.4, 0.5) is 5.69 Å². The van der Waals surface area contributed by atoms with Crippen molar-refractivity contribution in [2.45, 2.75) is 32.8 Å². The molecule has 0 bridgehead atoms. The molecule has 0 aliphatic heterocycles. The molecule has 0 amide bonds. The summed E-state index contributed by atoms with van der Waals surface area (Å²) in [6, 6.07) is 7.62. The van der Waals surface area contributed by atoms with Crippen molar-refractivity contribution in [3.05, 3.63) is 71.7 Å². The lowest BCUT2D eigenvalue weighted by atomic mass is 10.2. The van der Waals surface area contributed by atoms with Gasteiger partial charge in [0.15, 0.2) is 6.10 Å². The van der Waals surface area contributed by atoms with Gasteiger partial charge >= 0.3 is 11.7 Å². The van der Waals surface area contributed by atoms with Crippen LogP contribution in [0.2, 0.25) is 5.02 Å². The van der Waals surface area contributed by atoms with Crippen LogP contribution in [0.3, 0.4) is 0 Å². The van der Waals surface area contributed by atoms with E-state index in [1.165, 1.54) is 19.2 Å². The second-order valence-corrected chi connectivity index (χ2v) is 8.33. The Balaban J connectivity index is 2.10. The van der Waals surface area contributed by atoms with Gasteiger partial charge in [-0.1, -0.05) is 34.5 Å². The number of carboxylic acids is 1. The van der Waals surface area contributed by atoms with Gasteiger partial charge in [-0.05, 0) is 37.6 Å². The number of rotatable bonds is 8. The van der Waals surface area contributed by atoms with Gasteiger partial charge < -0.3 is 9.84 Å². The fraction of sp³-hybridized carbons (Fsp3) is 0.238. The Morgan fingerprint density at radius 1 is 1.42 bits per heavy atom. The summed E-state index contributed by atoms with van der Waals surface area (Å²) in [5, 5.41) is 25.0. The van der Waals surface area contributed by atoms with E-state index >= 15 is 0 Å². The molecule has 3 aromatic rings. The molecule has 1 atom stereocenters. The van der Waals surface area contributed by atoms with Crippen LogP contribution in [0, 0.1) is 10.1 Å². The number of aryl methyl sites for hydroxylation is 1. The third-order valence-electron chi connectivity index (χ3n) is 4.56. The number of aliphatic carboxylic acids is 1. The smallest absolute Gasteiger partial charge is 0.344 e. The molecule has 10 nitrogen and oxygen atoms in total. The molecule has 0 saturated carbocycles. The number of hydrogen-bond acceptors (Lipinski definition) is 7. The van der Waals surface area contributed by atoms with E-state index in [4.69, 9.17) is 21.4 Å². The summed E-state index contributed by atoms with van der Waals surface area (Å²) >= 11 is 9.48. The van der Waals surface area contributed by atoms with Gasteiger partial charge in [0.2, 0.25) is 5.75 Å². The SMILES string of the molecule is CCCc1nc2ccc(Br)cc2c(=O)n1N=Cc1cc(Cl)c(O[C@@H](C)C(=O)O)c([N+](=O)[O-])c1. The molecule has 1 heterocycles. The van der Waals surface area contributed by atoms with Gasteiger partial charge in [-0.25, -0.2) is 9.78 Å². The molecule has 0 aliphatic carbocycles. The Hall–Kier alpha value is -3.31. The van der Waals surface area contributed by atoms with Crippen molar-refractivity contribution >= 4 is 56.3 Å².